The summed E-state index contributed by atoms with van der Waals surface area (Å²) in [5.74, 6) is 0. The summed E-state index contributed by atoms with van der Waals surface area (Å²) in [7, 11) is 1.97. The maximum absolute atomic E-state index is 8.76. The monoisotopic (exact) mass is 242 g/mol. The van der Waals surface area contributed by atoms with E-state index in [1.165, 1.54) is 0 Å². The minimum absolute atomic E-state index is 0.000146. The standard InChI is InChI=1S/C12H19ClN2O/c1-15(7-8-16)6-5-12(14)10-3-2-4-11(13)9-10/h2-4,9,12,16H,5-8,14H2,1H3. The number of likely N-dealkylation sites (N-methyl/N-ethyl adjacent to an activating group) is 1. The minimum Gasteiger partial charge on any atom is -0.395 e. The molecule has 1 aromatic carbocycles. The van der Waals surface area contributed by atoms with Crippen molar-refractivity contribution >= 4 is 11.6 Å². The van der Waals surface area contributed by atoms with E-state index in [9.17, 15) is 0 Å². The van der Waals surface area contributed by atoms with Crippen molar-refractivity contribution in [1.82, 2.24) is 4.90 Å². The van der Waals surface area contributed by atoms with Gasteiger partial charge in [-0.3, -0.25) is 0 Å². The molecule has 0 aromatic heterocycles. The lowest BCUT2D eigenvalue weighted by Gasteiger charge is -2.18. The van der Waals surface area contributed by atoms with Gasteiger partial charge in [-0.1, -0.05) is 23.7 Å². The maximum atomic E-state index is 8.76. The number of aliphatic hydroxyl groups excluding tert-OH is 1. The molecule has 0 aliphatic rings. The third kappa shape index (κ3) is 4.49. The van der Waals surface area contributed by atoms with Crippen molar-refractivity contribution in [3.8, 4) is 0 Å². The molecule has 3 nitrogen and oxygen atoms in total. The second-order valence-corrected chi connectivity index (χ2v) is 4.41. The molecule has 4 heteroatoms. The summed E-state index contributed by atoms with van der Waals surface area (Å²) < 4.78 is 0. The average molecular weight is 243 g/mol. The van der Waals surface area contributed by atoms with Gasteiger partial charge < -0.3 is 15.7 Å². The number of benzene rings is 1. The maximum Gasteiger partial charge on any atom is 0.0558 e. The number of hydrogen-bond donors (Lipinski definition) is 2. The molecule has 1 unspecified atom stereocenters. The van der Waals surface area contributed by atoms with Gasteiger partial charge in [0.05, 0.1) is 6.61 Å². The zero-order valence-electron chi connectivity index (χ0n) is 9.56. The Morgan fingerprint density at radius 2 is 2.19 bits per heavy atom. The van der Waals surface area contributed by atoms with Crippen molar-refractivity contribution in [2.24, 2.45) is 5.73 Å². The molecule has 0 spiro atoms. The van der Waals surface area contributed by atoms with Crippen molar-refractivity contribution in [3.05, 3.63) is 34.9 Å². The first-order chi connectivity index (χ1) is 7.63. The van der Waals surface area contributed by atoms with E-state index in [2.05, 4.69) is 4.90 Å². The van der Waals surface area contributed by atoms with Crippen LogP contribution in [0.25, 0.3) is 0 Å². The molecule has 90 valence electrons. The molecular weight excluding hydrogens is 224 g/mol. The van der Waals surface area contributed by atoms with E-state index in [-0.39, 0.29) is 12.6 Å². The second kappa shape index (κ2) is 6.86. The van der Waals surface area contributed by atoms with Gasteiger partial charge in [0.25, 0.3) is 0 Å². The zero-order valence-corrected chi connectivity index (χ0v) is 10.3. The summed E-state index contributed by atoms with van der Waals surface area (Å²) in [6.07, 6.45) is 0.858. The van der Waals surface area contributed by atoms with Gasteiger partial charge in [-0.25, -0.2) is 0 Å². The van der Waals surface area contributed by atoms with E-state index in [4.69, 9.17) is 22.4 Å². The molecule has 0 saturated heterocycles. The van der Waals surface area contributed by atoms with Crippen LogP contribution in [0.2, 0.25) is 5.02 Å². The number of halogens is 1. The second-order valence-electron chi connectivity index (χ2n) is 3.98. The first kappa shape index (κ1) is 13.5. The summed E-state index contributed by atoms with van der Waals surface area (Å²) in [6, 6.07) is 7.64. The predicted octanol–water partition coefficient (Wildman–Crippen LogP) is 1.65. The molecule has 0 fully saturated rings. The highest BCUT2D eigenvalue weighted by Crippen LogP contribution is 2.18. The normalized spacial score (nSPS) is 13.1. The third-order valence-corrected chi connectivity index (χ3v) is 2.82. The van der Waals surface area contributed by atoms with E-state index in [1.807, 2.05) is 31.3 Å². The van der Waals surface area contributed by atoms with Gasteiger partial charge in [0, 0.05) is 17.6 Å². The highest BCUT2D eigenvalue weighted by molar-refractivity contribution is 6.30. The Hall–Kier alpha value is -0.610. The van der Waals surface area contributed by atoms with Gasteiger partial charge in [-0.2, -0.15) is 0 Å². The van der Waals surface area contributed by atoms with E-state index in [1.54, 1.807) is 0 Å². The highest BCUT2D eigenvalue weighted by Gasteiger charge is 2.07. The van der Waals surface area contributed by atoms with Crippen LogP contribution in [0.4, 0.5) is 0 Å². The zero-order chi connectivity index (χ0) is 12.0. The fourth-order valence-corrected chi connectivity index (χ4v) is 1.74. The van der Waals surface area contributed by atoms with Gasteiger partial charge >= 0.3 is 0 Å². The molecule has 1 rings (SSSR count). The van der Waals surface area contributed by atoms with E-state index in [0.717, 1.165) is 23.6 Å². The summed E-state index contributed by atoms with van der Waals surface area (Å²) in [6.45, 7) is 1.74. The fraction of sp³-hybridized carbons (Fsp3) is 0.500. The molecule has 0 bridgehead atoms. The highest BCUT2D eigenvalue weighted by atomic mass is 35.5. The lowest BCUT2D eigenvalue weighted by molar-refractivity contribution is 0.217. The molecule has 1 atom stereocenters. The number of aliphatic hydroxyl groups is 1. The summed E-state index contributed by atoms with van der Waals surface area (Å²) in [5, 5.41) is 9.48. The van der Waals surface area contributed by atoms with Crippen LogP contribution in [0.5, 0.6) is 0 Å². The van der Waals surface area contributed by atoms with Crippen LogP contribution in [0.15, 0.2) is 24.3 Å². The summed E-state index contributed by atoms with van der Waals surface area (Å²) in [5.41, 5.74) is 7.12. The molecular formula is C12H19ClN2O. The quantitative estimate of drug-likeness (QED) is 0.798. The molecule has 16 heavy (non-hydrogen) atoms. The third-order valence-electron chi connectivity index (χ3n) is 2.58. The van der Waals surface area contributed by atoms with Crippen molar-refractivity contribution < 1.29 is 5.11 Å². The summed E-state index contributed by atoms with van der Waals surface area (Å²) >= 11 is 5.90. The Morgan fingerprint density at radius 1 is 1.44 bits per heavy atom. The molecule has 0 heterocycles. The number of rotatable bonds is 6. The van der Waals surface area contributed by atoms with Crippen LogP contribution in [0.1, 0.15) is 18.0 Å². The lowest BCUT2D eigenvalue weighted by Crippen LogP contribution is -2.26. The summed E-state index contributed by atoms with van der Waals surface area (Å²) in [4.78, 5) is 2.06. The van der Waals surface area contributed by atoms with E-state index >= 15 is 0 Å². The van der Waals surface area contributed by atoms with Crippen LogP contribution < -0.4 is 5.73 Å². The smallest absolute Gasteiger partial charge is 0.0558 e. The Bertz CT molecular complexity index is 320. The van der Waals surface area contributed by atoms with Gasteiger partial charge in [-0.05, 0) is 37.7 Å². The van der Waals surface area contributed by atoms with Crippen LogP contribution >= 0.6 is 11.6 Å². The van der Waals surface area contributed by atoms with Gasteiger partial charge in [-0.15, -0.1) is 0 Å². The molecule has 0 radical (unpaired) electrons. The van der Waals surface area contributed by atoms with Crippen molar-refractivity contribution in [2.75, 3.05) is 26.7 Å². The van der Waals surface area contributed by atoms with Gasteiger partial charge in [0.2, 0.25) is 0 Å². The molecule has 0 saturated carbocycles. The first-order valence-corrected chi connectivity index (χ1v) is 5.81. The fourth-order valence-electron chi connectivity index (χ4n) is 1.55. The molecule has 0 aliphatic carbocycles. The minimum atomic E-state index is -0.000146. The average Bonchev–Trinajstić information content (AvgIpc) is 2.26. The molecule has 0 amide bonds. The Labute approximate surface area is 102 Å². The molecule has 3 N–H and O–H groups in total. The number of nitrogens with zero attached hydrogens (tertiary/aromatic N) is 1. The van der Waals surface area contributed by atoms with E-state index in [0.29, 0.717) is 6.54 Å². The topological polar surface area (TPSA) is 49.5 Å². The number of hydrogen-bond acceptors (Lipinski definition) is 3. The van der Waals surface area contributed by atoms with Crippen molar-refractivity contribution in [1.29, 1.82) is 0 Å². The van der Waals surface area contributed by atoms with Gasteiger partial charge in [0.15, 0.2) is 0 Å². The Balaban J connectivity index is 2.43. The first-order valence-electron chi connectivity index (χ1n) is 5.44. The lowest BCUT2D eigenvalue weighted by atomic mass is 10.0. The van der Waals surface area contributed by atoms with Gasteiger partial charge in [0.1, 0.15) is 0 Å². The predicted molar refractivity (Wildman–Crippen MR) is 67.6 cm³/mol. The SMILES string of the molecule is CN(CCO)CCC(N)c1cccc(Cl)c1. The molecule has 0 aliphatic heterocycles. The number of nitrogens with two attached hydrogens (primary N) is 1. The van der Waals surface area contributed by atoms with Crippen LogP contribution in [0, 0.1) is 0 Å². The van der Waals surface area contributed by atoms with E-state index < -0.39 is 0 Å². The van der Waals surface area contributed by atoms with Crippen LogP contribution in [-0.2, 0) is 0 Å². The van der Waals surface area contributed by atoms with Crippen molar-refractivity contribution in [3.63, 3.8) is 0 Å². The van der Waals surface area contributed by atoms with Crippen molar-refractivity contribution in [2.45, 2.75) is 12.5 Å². The molecule has 1 aromatic rings. The Kier molecular flexibility index (Phi) is 5.77. The van der Waals surface area contributed by atoms with Crippen LogP contribution in [-0.4, -0.2) is 36.8 Å². The Morgan fingerprint density at radius 3 is 2.81 bits per heavy atom. The largest absolute Gasteiger partial charge is 0.395 e. The van der Waals surface area contributed by atoms with Crippen LogP contribution in [0.3, 0.4) is 0 Å².